The minimum absolute atomic E-state index is 0.0573. The number of anilines is 1. The van der Waals surface area contributed by atoms with Crippen LogP contribution in [-0.2, 0) is 10.0 Å². The predicted molar refractivity (Wildman–Crippen MR) is 55.0 cm³/mol. The summed E-state index contributed by atoms with van der Waals surface area (Å²) in [7, 11) is -3.20. The molecule has 0 aromatic carbocycles. The topological polar surface area (TPSA) is 59.1 Å². The first-order valence-electron chi connectivity index (χ1n) is 3.65. The normalized spacial score (nSPS) is 11.2. The smallest absolute Gasteiger partial charge is 0.232 e. The average molecular weight is 265 g/mol. The van der Waals surface area contributed by atoms with Gasteiger partial charge < -0.3 is 0 Å². The summed E-state index contributed by atoms with van der Waals surface area (Å²) >= 11 is 3.19. The molecule has 0 spiro atoms. The Morgan fingerprint density at radius 1 is 1.62 bits per heavy atom. The minimum atomic E-state index is -3.20. The summed E-state index contributed by atoms with van der Waals surface area (Å²) in [5.74, 6) is 0.0573. The van der Waals surface area contributed by atoms with E-state index in [4.69, 9.17) is 0 Å². The third-order valence-corrected chi connectivity index (χ3v) is 3.34. The van der Waals surface area contributed by atoms with Gasteiger partial charge in [0.25, 0.3) is 0 Å². The maximum atomic E-state index is 11.2. The lowest BCUT2D eigenvalue weighted by atomic mass is 10.4. The molecule has 0 fully saturated rings. The number of rotatable bonds is 3. The van der Waals surface area contributed by atoms with Gasteiger partial charge in [0.05, 0.1) is 15.9 Å². The number of hydrogen-bond acceptors (Lipinski definition) is 3. The lowest BCUT2D eigenvalue weighted by molar-refractivity contribution is 0.602. The van der Waals surface area contributed by atoms with Crippen LogP contribution in [0.15, 0.2) is 22.9 Å². The summed E-state index contributed by atoms with van der Waals surface area (Å²) in [6, 6.07) is 1.59. The van der Waals surface area contributed by atoms with Gasteiger partial charge in [-0.25, -0.2) is 8.42 Å². The Kier molecular flexibility index (Phi) is 3.27. The molecule has 1 N–H and O–H groups in total. The van der Waals surface area contributed by atoms with E-state index in [0.29, 0.717) is 10.2 Å². The highest BCUT2D eigenvalue weighted by Gasteiger charge is 2.08. The minimum Gasteiger partial charge on any atom is -0.282 e. The van der Waals surface area contributed by atoms with Gasteiger partial charge in [-0.1, -0.05) is 0 Å². The van der Waals surface area contributed by atoms with Gasteiger partial charge in [0.1, 0.15) is 0 Å². The Morgan fingerprint density at radius 2 is 2.31 bits per heavy atom. The lowest BCUT2D eigenvalue weighted by Crippen LogP contribution is -2.14. The molecule has 1 heterocycles. The first-order chi connectivity index (χ1) is 6.05. The molecule has 0 aliphatic carbocycles. The number of pyridine rings is 1. The van der Waals surface area contributed by atoms with Crippen LogP contribution in [0.4, 0.5) is 5.69 Å². The number of halogens is 1. The van der Waals surface area contributed by atoms with Crippen molar-refractivity contribution in [3.63, 3.8) is 0 Å². The van der Waals surface area contributed by atoms with Crippen molar-refractivity contribution >= 4 is 31.6 Å². The first kappa shape index (κ1) is 10.5. The zero-order chi connectivity index (χ0) is 9.90. The highest BCUT2D eigenvalue weighted by molar-refractivity contribution is 9.10. The van der Waals surface area contributed by atoms with Crippen molar-refractivity contribution in [3.8, 4) is 0 Å². The van der Waals surface area contributed by atoms with Crippen LogP contribution in [0.1, 0.15) is 6.92 Å². The molecular weight excluding hydrogens is 256 g/mol. The van der Waals surface area contributed by atoms with E-state index in [2.05, 4.69) is 25.6 Å². The second-order valence-corrected chi connectivity index (χ2v) is 5.23. The van der Waals surface area contributed by atoms with Crippen LogP contribution >= 0.6 is 15.9 Å². The van der Waals surface area contributed by atoms with Gasteiger partial charge in [-0.15, -0.1) is 0 Å². The van der Waals surface area contributed by atoms with Gasteiger partial charge in [0, 0.05) is 12.4 Å². The van der Waals surface area contributed by atoms with Crippen LogP contribution in [0.25, 0.3) is 0 Å². The van der Waals surface area contributed by atoms with Gasteiger partial charge in [-0.2, -0.15) is 0 Å². The van der Waals surface area contributed by atoms with E-state index < -0.39 is 10.0 Å². The van der Waals surface area contributed by atoms with Gasteiger partial charge in [0.15, 0.2) is 0 Å². The van der Waals surface area contributed by atoms with E-state index in [1.54, 1.807) is 13.0 Å². The molecule has 13 heavy (non-hydrogen) atoms. The summed E-state index contributed by atoms with van der Waals surface area (Å²) in [5, 5.41) is 0. The molecule has 1 aromatic rings. The van der Waals surface area contributed by atoms with Crippen LogP contribution < -0.4 is 4.72 Å². The predicted octanol–water partition coefficient (Wildman–Crippen LogP) is 1.61. The average Bonchev–Trinajstić information content (AvgIpc) is 2.09. The molecule has 72 valence electrons. The molecule has 1 rings (SSSR count). The van der Waals surface area contributed by atoms with E-state index in [-0.39, 0.29) is 5.75 Å². The molecule has 0 saturated carbocycles. The first-order valence-corrected chi connectivity index (χ1v) is 6.09. The quantitative estimate of drug-likeness (QED) is 0.903. The zero-order valence-electron chi connectivity index (χ0n) is 6.99. The number of nitrogens with one attached hydrogen (secondary N) is 1. The largest absolute Gasteiger partial charge is 0.282 e. The molecule has 4 nitrogen and oxygen atoms in total. The zero-order valence-corrected chi connectivity index (χ0v) is 9.39. The fraction of sp³-hybridized carbons (Fsp3) is 0.286. The monoisotopic (exact) mass is 264 g/mol. The lowest BCUT2D eigenvalue weighted by Gasteiger charge is -2.06. The Bertz CT molecular complexity index is 391. The molecule has 0 bridgehead atoms. The Morgan fingerprint density at radius 3 is 2.85 bits per heavy atom. The van der Waals surface area contributed by atoms with Crippen LogP contribution in [0.3, 0.4) is 0 Å². The summed E-state index contributed by atoms with van der Waals surface area (Å²) in [4.78, 5) is 3.82. The summed E-state index contributed by atoms with van der Waals surface area (Å²) in [5.41, 5.74) is 0.511. The molecule has 0 aliphatic heterocycles. The molecule has 0 radical (unpaired) electrons. The van der Waals surface area contributed by atoms with E-state index >= 15 is 0 Å². The second kappa shape index (κ2) is 4.06. The number of nitrogens with zero attached hydrogens (tertiary/aromatic N) is 1. The van der Waals surface area contributed by atoms with Gasteiger partial charge in [0.2, 0.25) is 10.0 Å². The summed E-state index contributed by atoms with van der Waals surface area (Å²) in [6.45, 7) is 1.58. The standard InChI is InChI=1S/C7H9BrN2O2S/c1-2-13(11,12)10-7-3-4-9-5-6(7)8/h3-5H,2H2,1H3,(H,9,10). The highest BCUT2D eigenvalue weighted by atomic mass is 79.9. The van der Waals surface area contributed by atoms with Crippen molar-refractivity contribution in [2.75, 3.05) is 10.5 Å². The van der Waals surface area contributed by atoms with Crippen LogP contribution in [0.5, 0.6) is 0 Å². The third-order valence-electron chi connectivity index (χ3n) is 1.42. The summed E-state index contributed by atoms with van der Waals surface area (Å²) in [6.07, 6.45) is 3.06. The van der Waals surface area contributed by atoms with E-state index in [9.17, 15) is 8.42 Å². The Hall–Kier alpha value is -0.620. The molecule has 0 atom stereocenters. The maximum absolute atomic E-state index is 11.2. The Balaban J connectivity index is 2.93. The molecule has 0 aliphatic rings. The van der Waals surface area contributed by atoms with E-state index in [1.807, 2.05) is 0 Å². The van der Waals surface area contributed by atoms with Crippen molar-refractivity contribution < 1.29 is 8.42 Å². The molecular formula is C7H9BrN2O2S. The highest BCUT2D eigenvalue weighted by Crippen LogP contribution is 2.20. The molecule has 1 aromatic heterocycles. The van der Waals surface area contributed by atoms with E-state index in [0.717, 1.165) is 0 Å². The van der Waals surface area contributed by atoms with Crippen molar-refractivity contribution in [1.29, 1.82) is 0 Å². The van der Waals surface area contributed by atoms with Crippen molar-refractivity contribution in [2.24, 2.45) is 0 Å². The molecule has 0 saturated heterocycles. The third kappa shape index (κ3) is 2.96. The van der Waals surface area contributed by atoms with Crippen molar-refractivity contribution in [1.82, 2.24) is 4.98 Å². The van der Waals surface area contributed by atoms with Crippen molar-refractivity contribution in [3.05, 3.63) is 22.9 Å². The summed E-state index contributed by atoms with van der Waals surface area (Å²) < 4.78 is 25.4. The molecule has 0 amide bonds. The van der Waals surface area contributed by atoms with Crippen LogP contribution in [-0.4, -0.2) is 19.2 Å². The number of hydrogen-bond donors (Lipinski definition) is 1. The van der Waals surface area contributed by atoms with Crippen LogP contribution in [0.2, 0.25) is 0 Å². The van der Waals surface area contributed by atoms with Gasteiger partial charge in [-0.05, 0) is 28.9 Å². The van der Waals surface area contributed by atoms with Gasteiger partial charge >= 0.3 is 0 Å². The molecule has 6 heteroatoms. The fourth-order valence-electron chi connectivity index (χ4n) is 0.698. The number of aromatic nitrogens is 1. The SMILES string of the molecule is CCS(=O)(=O)Nc1ccncc1Br. The second-order valence-electron chi connectivity index (χ2n) is 2.36. The maximum Gasteiger partial charge on any atom is 0.232 e. The number of sulfonamides is 1. The van der Waals surface area contributed by atoms with Crippen molar-refractivity contribution in [2.45, 2.75) is 6.92 Å². The van der Waals surface area contributed by atoms with E-state index in [1.165, 1.54) is 12.4 Å². The van der Waals surface area contributed by atoms with Crippen LogP contribution in [0, 0.1) is 0 Å². The Labute approximate surface area is 85.6 Å². The van der Waals surface area contributed by atoms with Gasteiger partial charge in [-0.3, -0.25) is 9.71 Å². The molecule has 0 unspecified atom stereocenters. The fourth-order valence-corrected chi connectivity index (χ4v) is 1.84.